The third kappa shape index (κ3) is 5.22. The van der Waals surface area contributed by atoms with Crippen LogP contribution in [0.2, 0.25) is 0 Å². The van der Waals surface area contributed by atoms with Gasteiger partial charge < -0.3 is 15.0 Å². The molecule has 1 saturated heterocycles. The summed E-state index contributed by atoms with van der Waals surface area (Å²) in [6.45, 7) is 2.78. The number of amides is 1. The molecule has 1 amide bonds. The molecule has 0 unspecified atom stereocenters. The van der Waals surface area contributed by atoms with E-state index in [-0.39, 0.29) is 10.8 Å². The Morgan fingerprint density at radius 1 is 1.11 bits per heavy atom. The summed E-state index contributed by atoms with van der Waals surface area (Å²) in [6, 6.07) is 9.76. The van der Waals surface area contributed by atoms with Gasteiger partial charge in [-0.1, -0.05) is 12.1 Å². The predicted molar refractivity (Wildman–Crippen MR) is 98.8 cm³/mol. The second-order valence-electron chi connectivity index (χ2n) is 6.07. The van der Waals surface area contributed by atoms with Gasteiger partial charge in [-0.2, -0.15) is 0 Å². The van der Waals surface area contributed by atoms with Gasteiger partial charge >= 0.3 is 0 Å². The lowest BCUT2D eigenvalue weighted by Gasteiger charge is -2.26. The molecule has 1 aromatic heterocycles. The number of hydrogen-bond acceptors (Lipinski definition) is 7. The number of morpholine rings is 1. The van der Waals surface area contributed by atoms with Gasteiger partial charge in [-0.3, -0.25) is 4.79 Å². The summed E-state index contributed by atoms with van der Waals surface area (Å²) in [6.07, 6.45) is 0.668. The molecule has 2 heterocycles. The molecule has 0 saturated carbocycles. The highest BCUT2D eigenvalue weighted by molar-refractivity contribution is 7.89. The van der Waals surface area contributed by atoms with Gasteiger partial charge in [0.15, 0.2) is 5.69 Å². The zero-order valence-electron chi connectivity index (χ0n) is 14.7. The van der Waals surface area contributed by atoms with Gasteiger partial charge in [0.05, 0.1) is 18.1 Å². The van der Waals surface area contributed by atoms with Crippen molar-refractivity contribution in [3.8, 4) is 0 Å². The Balaban J connectivity index is 1.50. The smallest absolute Gasteiger partial charge is 0.274 e. The summed E-state index contributed by atoms with van der Waals surface area (Å²) >= 11 is 0. The molecule has 0 bridgehead atoms. The van der Waals surface area contributed by atoms with Gasteiger partial charge in [-0.05, 0) is 36.2 Å². The van der Waals surface area contributed by atoms with Crippen LogP contribution in [0.1, 0.15) is 16.1 Å². The number of primary sulfonamides is 1. The highest BCUT2D eigenvalue weighted by atomic mass is 32.2. The van der Waals surface area contributed by atoms with Crippen molar-refractivity contribution in [1.82, 2.24) is 15.1 Å². The third-order valence-electron chi connectivity index (χ3n) is 4.15. The summed E-state index contributed by atoms with van der Waals surface area (Å²) in [5, 5.41) is 16.2. The average Bonchev–Trinajstić information content (AvgIpc) is 2.68. The van der Waals surface area contributed by atoms with E-state index < -0.39 is 10.0 Å². The first-order chi connectivity index (χ1) is 12.9. The minimum atomic E-state index is -3.67. The number of hydrogen-bond donors (Lipinski definition) is 2. The van der Waals surface area contributed by atoms with Crippen LogP contribution in [0.5, 0.6) is 0 Å². The van der Waals surface area contributed by atoms with E-state index in [0.717, 1.165) is 5.56 Å². The molecule has 1 fully saturated rings. The molecular weight excluding hydrogens is 370 g/mol. The van der Waals surface area contributed by atoms with Crippen molar-refractivity contribution >= 4 is 21.7 Å². The molecular formula is C17H21N5O4S. The zero-order chi connectivity index (χ0) is 19.3. The fourth-order valence-corrected chi connectivity index (χ4v) is 3.17. The number of ether oxygens (including phenoxy) is 1. The van der Waals surface area contributed by atoms with Crippen LogP contribution in [-0.4, -0.2) is 62.3 Å². The lowest BCUT2D eigenvalue weighted by molar-refractivity contribution is 0.0298. The van der Waals surface area contributed by atoms with E-state index in [4.69, 9.17) is 9.88 Å². The first-order valence-corrected chi connectivity index (χ1v) is 10.0. The van der Waals surface area contributed by atoms with Crippen LogP contribution in [0.15, 0.2) is 41.3 Å². The molecule has 2 aromatic rings. The normalized spacial score (nSPS) is 14.8. The molecule has 0 spiro atoms. The highest BCUT2D eigenvalue weighted by Crippen LogP contribution is 2.10. The first kappa shape index (κ1) is 19.2. The maximum absolute atomic E-state index is 12.3. The first-order valence-electron chi connectivity index (χ1n) is 8.50. The predicted octanol–water partition coefficient (Wildman–Crippen LogP) is 0.251. The molecule has 0 radical (unpaired) electrons. The van der Waals surface area contributed by atoms with E-state index in [2.05, 4.69) is 15.5 Å². The van der Waals surface area contributed by atoms with E-state index in [1.54, 1.807) is 29.2 Å². The second kappa shape index (κ2) is 8.42. The minimum Gasteiger partial charge on any atom is -0.378 e. The molecule has 1 aliphatic rings. The number of nitrogens with zero attached hydrogens (tertiary/aromatic N) is 3. The van der Waals surface area contributed by atoms with Gasteiger partial charge in [-0.15, -0.1) is 10.2 Å². The Morgan fingerprint density at radius 2 is 1.81 bits per heavy atom. The highest BCUT2D eigenvalue weighted by Gasteiger charge is 2.19. The van der Waals surface area contributed by atoms with Crippen molar-refractivity contribution in [2.45, 2.75) is 11.3 Å². The lowest BCUT2D eigenvalue weighted by atomic mass is 10.1. The molecule has 3 N–H and O–H groups in total. The van der Waals surface area contributed by atoms with Crippen LogP contribution in [-0.2, 0) is 21.2 Å². The molecule has 144 valence electrons. The SMILES string of the molecule is NS(=O)(=O)c1ccc(CCNc2ccc(C(=O)N3CCOCC3)nn2)cc1. The zero-order valence-corrected chi connectivity index (χ0v) is 15.5. The van der Waals surface area contributed by atoms with Crippen LogP contribution in [0.4, 0.5) is 5.82 Å². The van der Waals surface area contributed by atoms with E-state index in [9.17, 15) is 13.2 Å². The molecule has 3 rings (SSSR count). The summed E-state index contributed by atoms with van der Waals surface area (Å²) in [5.41, 5.74) is 1.27. The van der Waals surface area contributed by atoms with Crippen molar-refractivity contribution in [2.24, 2.45) is 5.14 Å². The van der Waals surface area contributed by atoms with Gasteiger partial charge in [-0.25, -0.2) is 13.6 Å². The maximum Gasteiger partial charge on any atom is 0.274 e. The molecule has 0 atom stereocenters. The number of nitrogens with one attached hydrogen (secondary N) is 1. The number of sulfonamides is 1. The molecule has 27 heavy (non-hydrogen) atoms. The molecule has 1 aliphatic heterocycles. The van der Waals surface area contributed by atoms with E-state index in [0.29, 0.717) is 50.8 Å². The number of carbonyl (C=O) groups excluding carboxylic acids is 1. The monoisotopic (exact) mass is 391 g/mol. The van der Waals surface area contributed by atoms with Crippen molar-refractivity contribution in [2.75, 3.05) is 38.2 Å². The van der Waals surface area contributed by atoms with Gasteiger partial charge in [0.1, 0.15) is 5.82 Å². The van der Waals surface area contributed by atoms with Crippen LogP contribution >= 0.6 is 0 Å². The number of benzene rings is 1. The number of anilines is 1. The Labute approximate surface area is 157 Å². The van der Waals surface area contributed by atoms with Gasteiger partial charge in [0, 0.05) is 19.6 Å². The number of aromatic nitrogens is 2. The van der Waals surface area contributed by atoms with Crippen molar-refractivity contribution in [1.29, 1.82) is 0 Å². The van der Waals surface area contributed by atoms with Crippen LogP contribution < -0.4 is 10.5 Å². The Kier molecular flexibility index (Phi) is 5.99. The van der Waals surface area contributed by atoms with Gasteiger partial charge in [0.25, 0.3) is 5.91 Å². The van der Waals surface area contributed by atoms with Crippen LogP contribution in [0.25, 0.3) is 0 Å². The standard InChI is InChI=1S/C17H21N5O4S/c18-27(24,25)14-3-1-13(2-4-14)7-8-19-16-6-5-15(20-21-16)17(23)22-9-11-26-12-10-22/h1-6H,7-12H2,(H,19,21)(H2,18,24,25). The summed E-state index contributed by atoms with van der Waals surface area (Å²) < 4.78 is 27.7. The van der Waals surface area contributed by atoms with Gasteiger partial charge in [0.2, 0.25) is 10.0 Å². The summed E-state index contributed by atoms with van der Waals surface area (Å²) in [5.74, 6) is 0.418. The third-order valence-corrected chi connectivity index (χ3v) is 5.08. The topological polar surface area (TPSA) is 128 Å². The second-order valence-corrected chi connectivity index (χ2v) is 7.64. The van der Waals surface area contributed by atoms with Crippen LogP contribution in [0.3, 0.4) is 0 Å². The average molecular weight is 391 g/mol. The Hall–Kier alpha value is -2.56. The number of rotatable bonds is 6. The maximum atomic E-state index is 12.3. The van der Waals surface area contributed by atoms with E-state index in [1.165, 1.54) is 12.1 Å². The number of nitrogens with two attached hydrogens (primary N) is 1. The number of carbonyl (C=O) groups is 1. The summed E-state index contributed by atoms with van der Waals surface area (Å²) in [4.78, 5) is 14.1. The Bertz CT molecular complexity index is 879. The molecule has 0 aliphatic carbocycles. The largest absolute Gasteiger partial charge is 0.378 e. The Morgan fingerprint density at radius 3 is 2.41 bits per heavy atom. The van der Waals surface area contributed by atoms with Crippen molar-refractivity contribution in [3.63, 3.8) is 0 Å². The molecule has 1 aromatic carbocycles. The fourth-order valence-electron chi connectivity index (χ4n) is 2.65. The minimum absolute atomic E-state index is 0.0885. The van der Waals surface area contributed by atoms with E-state index in [1.807, 2.05) is 0 Å². The van der Waals surface area contributed by atoms with Crippen LogP contribution in [0, 0.1) is 0 Å². The fraction of sp³-hybridized carbons (Fsp3) is 0.353. The van der Waals surface area contributed by atoms with E-state index >= 15 is 0 Å². The quantitative estimate of drug-likeness (QED) is 0.722. The van der Waals surface area contributed by atoms with Crippen molar-refractivity contribution in [3.05, 3.63) is 47.7 Å². The lowest BCUT2D eigenvalue weighted by Crippen LogP contribution is -2.41. The molecule has 9 nitrogen and oxygen atoms in total. The van der Waals surface area contributed by atoms with Crippen molar-refractivity contribution < 1.29 is 17.9 Å². The summed E-state index contributed by atoms with van der Waals surface area (Å²) in [7, 11) is -3.67. The molecule has 10 heteroatoms.